The van der Waals surface area contributed by atoms with E-state index in [2.05, 4.69) is 0 Å². The van der Waals surface area contributed by atoms with Crippen LogP contribution < -0.4 is 51.4 Å². The first-order valence-electron chi connectivity index (χ1n) is 1.02. The largest absolute Gasteiger partial charge is 1.00 e. The second-order valence-corrected chi connectivity index (χ2v) is 0.316. The van der Waals surface area contributed by atoms with Crippen LogP contribution in [0, 0.1) is 0 Å². The number of aliphatic hydroxyl groups excluding tert-OH is 1. The van der Waals surface area contributed by atoms with Crippen molar-refractivity contribution in [3.8, 4) is 0 Å². The van der Waals surface area contributed by atoms with Gasteiger partial charge < -0.3 is 5.11 Å². The van der Waals surface area contributed by atoms with Crippen LogP contribution in [0.5, 0.6) is 0 Å². The molecule has 0 saturated heterocycles. The maximum absolute atomic E-state index is 7.57. The molecule has 28 valence electrons. The molecule has 0 rings (SSSR count). The number of rotatable bonds is 0. The molecule has 0 radical (unpaired) electrons. The molecule has 0 fully saturated rings. The summed E-state index contributed by atoms with van der Waals surface area (Å²) in [7, 11) is 0. The monoisotopic (exact) mass is 100 g/mol. The van der Waals surface area contributed by atoms with Crippen LogP contribution in [0.4, 0.5) is 0 Å². The Labute approximate surface area is 77.1 Å². The maximum Gasteiger partial charge on any atom is 1.00 e. The zero-order chi connectivity index (χ0) is 2.71. The third-order valence-corrected chi connectivity index (χ3v) is 0. The van der Waals surface area contributed by atoms with E-state index in [4.69, 9.17) is 5.11 Å². The van der Waals surface area contributed by atoms with Gasteiger partial charge in [-0.05, 0) is 6.92 Å². The Morgan fingerprint density at radius 2 is 1.60 bits per heavy atom. The first-order chi connectivity index (χ1) is 1.41. The van der Waals surface area contributed by atoms with Gasteiger partial charge in [-0.25, -0.2) is 0 Å². The molecule has 1 N–H and O–H groups in total. The van der Waals surface area contributed by atoms with Crippen LogP contribution in [0.15, 0.2) is 0 Å². The molecule has 0 aliphatic heterocycles. The van der Waals surface area contributed by atoms with Crippen molar-refractivity contribution in [3.63, 3.8) is 0 Å². The third-order valence-electron chi connectivity index (χ3n) is 0. The summed E-state index contributed by atoms with van der Waals surface area (Å²) in [5, 5.41) is 7.57. The van der Waals surface area contributed by atoms with Crippen LogP contribution in [-0.2, 0) is 0 Å². The Morgan fingerprint density at radius 1 is 1.60 bits per heavy atom. The van der Waals surface area contributed by atoms with E-state index in [0.29, 0.717) is 0 Å². The number of aliphatic hydroxyl groups is 1. The van der Waals surface area contributed by atoms with Gasteiger partial charge in [0, 0.05) is 6.61 Å². The third kappa shape index (κ3) is 27.5. The van der Waals surface area contributed by atoms with Crippen LogP contribution in [-0.4, -0.2) is 20.1 Å². The van der Waals surface area contributed by atoms with E-state index in [1.807, 2.05) is 0 Å². The zero-order valence-corrected chi connectivity index (χ0v) is 6.28. The van der Waals surface area contributed by atoms with E-state index >= 15 is 0 Å². The van der Waals surface area contributed by atoms with Gasteiger partial charge in [-0.15, -0.1) is 0 Å². The molecule has 0 amide bonds. The minimum Gasteiger partial charge on any atom is -0.397 e. The SMILES string of the molecule is CCO.[BH4-].[K+]. The van der Waals surface area contributed by atoms with Crippen molar-refractivity contribution in [1.82, 2.24) is 0 Å². The number of hydrogen-bond donors (Lipinski definition) is 1. The molecule has 0 saturated carbocycles. The van der Waals surface area contributed by atoms with E-state index in [1.165, 1.54) is 0 Å². The molecule has 0 atom stereocenters. The summed E-state index contributed by atoms with van der Waals surface area (Å²) in [5.74, 6) is 0. The van der Waals surface area contributed by atoms with Crippen molar-refractivity contribution in [2.24, 2.45) is 0 Å². The molecule has 1 nitrogen and oxygen atoms in total. The molecule has 0 aromatic carbocycles. The number of hydrogen-bond acceptors (Lipinski definition) is 1. The Kier molecular flexibility index (Phi) is 55.3. The normalized spacial score (nSPS) is 3.60. The molecule has 0 aliphatic rings. The van der Waals surface area contributed by atoms with Crippen LogP contribution in [0.2, 0.25) is 0 Å². The molecule has 3 heteroatoms. The smallest absolute Gasteiger partial charge is 0.397 e. The molecular weight excluding hydrogens is 89.9 g/mol. The van der Waals surface area contributed by atoms with Crippen LogP contribution in [0.3, 0.4) is 0 Å². The summed E-state index contributed by atoms with van der Waals surface area (Å²) in [6, 6.07) is 0. The second-order valence-electron chi connectivity index (χ2n) is 0.316. The average molecular weight is 100 g/mol. The first-order valence-corrected chi connectivity index (χ1v) is 1.02. The van der Waals surface area contributed by atoms with Gasteiger partial charge in [0.15, 0.2) is 0 Å². The molecule has 0 spiro atoms. The Hall–Kier alpha value is 1.66. The first kappa shape index (κ1) is 15.9. The summed E-state index contributed by atoms with van der Waals surface area (Å²) < 4.78 is 0. The predicted octanol–water partition coefficient (Wildman–Crippen LogP) is -4.45. The van der Waals surface area contributed by atoms with Gasteiger partial charge in [0.1, 0.15) is 0 Å². The summed E-state index contributed by atoms with van der Waals surface area (Å²) >= 11 is 0. The van der Waals surface area contributed by atoms with E-state index < -0.39 is 0 Å². The minimum atomic E-state index is 0. The molecule has 0 unspecified atom stereocenters. The van der Waals surface area contributed by atoms with Gasteiger partial charge in [-0.2, -0.15) is 0 Å². The molecule has 0 aliphatic carbocycles. The van der Waals surface area contributed by atoms with Gasteiger partial charge in [0.05, 0.1) is 0 Å². The van der Waals surface area contributed by atoms with Crippen molar-refractivity contribution in [2.75, 3.05) is 6.61 Å². The molecule has 5 heavy (non-hydrogen) atoms. The molecule has 0 aromatic heterocycles. The Morgan fingerprint density at radius 3 is 1.60 bits per heavy atom. The van der Waals surface area contributed by atoms with Gasteiger partial charge in [0.25, 0.3) is 0 Å². The fourth-order valence-corrected chi connectivity index (χ4v) is 0. The fourth-order valence-electron chi connectivity index (χ4n) is 0. The average Bonchev–Trinajstić information content (AvgIpc) is 0.918. The summed E-state index contributed by atoms with van der Waals surface area (Å²) in [6.45, 7) is 1.93. The van der Waals surface area contributed by atoms with Gasteiger partial charge in [0.2, 0.25) is 0 Å². The Balaban J connectivity index is -0.0000000200. The van der Waals surface area contributed by atoms with E-state index in [0.717, 1.165) is 0 Å². The summed E-state index contributed by atoms with van der Waals surface area (Å²) in [6.07, 6.45) is 0. The van der Waals surface area contributed by atoms with Crippen LogP contribution in [0.25, 0.3) is 0 Å². The second kappa shape index (κ2) is 17.4. The molecule has 0 bridgehead atoms. The van der Waals surface area contributed by atoms with Crippen molar-refractivity contribution >= 4 is 8.41 Å². The van der Waals surface area contributed by atoms with Crippen LogP contribution >= 0.6 is 0 Å². The standard InChI is InChI=1S/C2H6O.BH4.K/c1-2-3;;/h3H,2H2,1H3;1H4;/q;-1;+1. The van der Waals surface area contributed by atoms with Crippen molar-refractivity contribution < 1.29 is 56.5 Å². The van der Waals surface area contributed by atoms with E-state index in [9.17, 15) is 0 Å². The van der Waals surface area contributed by atoms with Crippen LogP contribution in [0.1, 0.15) is 6.92 Å². The van der Waals surface area contributed by atoms with Gasteiger partial charge in [-0.1, -0.05) is 8.41 Å². The Bertz CT molecular complexity index is 9.61. The van der Waals surface area contributed by atoms with Crippen molar-refractivity contribution in [1.29, 1.82) is 0 Å². The van der Waals surface area contributed by atoms with Gasteiger partial charge in [-0.3, -0.25) is 0 Å². The van der Waals surface area contributed by atoms with Crippen molar-refractivity contribution in [3.05, 3.63) is 0 Å². The fraction of sp³-hybridized carbons (Fsp3) is 1.00. The summed E-state index contributed by atoms with van der Waals surface area (Å²) in [4.78, 5) is 0. The minimum absolute atomic E-state index is 0. The molecule has 0 heterocycles. The topological polar surface area (TPSA) is 20.2 Å². The van der Waals surface area contributed by atoms with E-state index in [-0.39, 0.29) is 66.4 Å². The molecule has 0 aromatic rings. The molecular formula is C2H10BKO. The quantitative estimate of drug-likeness (QED) is 0.304. The van der Waals surface area contributed by atoms with E-state index in [1.54, 1.807) is 6.92 Å². The summed E-state index contributed by atoms with van der Waals surface area (Å²) in [5.41, 5.74) is 0. The van der Waals surface area contributed by atoms with Crippen molar-refractivity contribution in [2.45, 2.75) is 6.92 Å². The predicted molar refractivity (Wildman–Crippen MR) is 24.1 cm³/mol. The zero-order valence-electron chi connectivity index (χ0n) is 3.15. The van der Waals surface area contributed by atoms with Gasteiger partial charge >= 0.3 is 51.4 Å². The maximum atomic E-state index is 7.57.